The first kappa shape index (κ1) is 18.4. The highest BCUT2D eigenvalue weighted by Gasteiger charge is 2.49. The van der Waals surface area contributed by atoms with E-state index in [0.29, 0.717) is 23.9 Å². The lowest BCUT2D eigenvalue weighted by Crippen LogP contribution is -2.31. The van der Waals surface area contributed by atoms with Crippen LogP contribution in [-0.4, -0.2) is 46.4 Å². The molecule has 1 fully saturated rings. The summed E-state index contributed by atoms with van der Waals surface area (Å²) in [7, 11) is 4.81. The van der Waals surface area contributed by atoms with Crippen molar-refractivity contribution < 1.29 is 33.5 Å². The Bertz CT molecular complexity index is 916. The number of ether oxygens (including phenoxy) is 6. The van der Waals surface area contributed by atoms with Gasteiger partial charge in [0.1, 0.15) is 0 Å². The molecule has 1 N–H and O–H groups in total. The maximum absolute atomic E-state index is 10.1. The van der Waals surface area contributed by atoms with Gasteiger partial charge in [0.2, 0.25) is 12.5 Å². The Balaban J connectivity index is 1.71. The third-order valence-corrected chi connectivity index (χ3v) is 6.31. The second kappa shape index (κ2) is 7.00. The zero-order valence-corrected chi connectivity index (χ0v) is 16.6. The molecule has 2 aromatic rings. The first-order chi connectivity index (χ1) is 14.2. The van der Waals surface area contributed by atoms with Crippen molar-refractivity contribution in [3.05, 3.63) is 41.0 Å². The Morgan fingerprint density at radius 3 is 2.17 bits per heavy atom. The highest BCUT2D eigenvalue weighted by molar-refractivity contribution is 5.59. The SMILES string of the molecule is COc1cc([C@@H]2c3cc4c(cc3[C@@H]3OC[C@H]2C3CO)OCO4)cc(OC)c1OC. The summed E-state index contributed by atoms with van der Waals surface area (Å²) in [6.45, 7) is 0.841. The molecule has 0 amide bonds. The number of benzene rings is 2. The first-order valence-corrected chi connectivity index (χ1v) is 9.66. The number of fused-ring (bicyclic) bond motifs is 5. The summed E-state index contributed by atoms with van der Waals surface area (Å²) in [6.07, 6.45) is -0.146. The molecule has 7 heteroatoms. The summed E-state index contributed by atoms with van der Waals surface area (Å²) >= 11 is 0. The van der Waals surface area contributed by atoms with Gasteiger partial charge in [0.05, 0.1) is 34.0 Å². The summed E-state index contributed by atoms with van der Waals surface area (Å²) in [5.74, 6) is 3.34. The van der Waals surface area contributed by atoms with Crippen LogP contribution in [0.3, 0.4) is 0 Å². The molecule has 0 saturated carbocycles. The maximum atomic E-state index is 10.1. The van der Waals surface area contributed by atoms with Crippen LogP contribution < -0.4 is 23.7 Å². The van der Waals surface area contributed by atoms with Crippen LogP contribution in [0.15, 0.2) is 24.3 Å². The second-order valence-electron chi connectivity index (χ2n) is 7.53. The summed E-state index contributed by atoms with van der Waals surface area (Å²) in [5.41, 5.74) is 3.19. The van der Waals surface area contributed by atoms with Crippen LogP contribution in [-0.2, 0) is 4.74 Å². The molecule has 154 valence electrons. The average molecular weight is 400 g/mol. The van der Waals surface area contributed by atoms with Crippen LogP contribution in [0.2, 0.25) is 0 Å². The third kappa shape index (κ3) is 2.64. The van der Waals surface area contributed by atoms with Gasteiger partial charge in [-0.3, -0.25) is 0 Å². The Hall–Kier alpha value is -2.64. The van der Waals surface area contributed by atoms with Gasteiger partial charge in [0.15, 0.2) is 23.0 Å². The molecule has 1 aliphatic carbocycles. The van der Waals surface area contributed by atoms with Gasteiger partial charge in [-0.05, 0) is 41.0 Å². The summed E-state index contributed by atoms with van der Waals surface area (Å²) in [5, 5.41) is 10.1. The van der Waals surface area contributed by atoms with E-state index in [0.717, 1.165) is 28.2 Å². The van der Waals surface area contributed by atoms with Gasteiger partial charge in [0, 0.05) is 24.4 Å². The molecule has 2 aromatic carbocycles. The van der Waals surface area contributed by atoms with Crippen LogP contribution in [0.4, 0.5) is 0 Å². The molecule has 2 bridgehead atoms. The number of rotatable bonds is 5. The van der Waals surface area contributed by atoms with Crippen LogP contribution in [0.1, 0.15) is 28.7 Å². The quantitative estimate of drug-likeness (QED) is 0.827. The fourth-order valence-corrected chi connectivity index (χ4v) is 5.01. The molecule has 0 spiro atoms. The highest BCUT2D eigenvalue weighted by atomic mass is 16.7. The lowest BCUT2D eigenvalue weighted by atomic mass is 9.67. The standard InChI is InChI=1S/C22H24O7/c1-24-18-4-11(5-19(25-2)22(18)26-3)20-12-6-16-17(29-10-28-16)7-13(12)21-14(8-23)15(20)9-27-21/h4-7,14-15,20-21,23H,8-10H2,1-3H3/t14?,15-,20+,21-/m0/s1. The summed E-state index contributed by atoms with van der Waals surface area (Å²) < 4.78 is 34.0. The Kier molecular flexibility index (Phi) is 4.44. The van der Waals surface area contributed by atoms with Crippen LogP contribution >= 0.6 is 0 Å². The van der Waals surface area contributed by atoms with Gasteiger partial charge in [-0.1, -0.05) is 0 Å². The van der Waals surface area contributed by atoms with Gasteiger partial charge in [-0.2, -0.15) is 0 Å². The first-order valence-electron chi connectivity index (χ1n) is 9.66. The average Bonchev–Trinajstić information content (AvgIpc) is 3.35. The van der Waals surface area contributed by atoms with Crippen molar-refractivity contribution in [2.24, 2.45) is 11.8 Å². The molecular weight excluding hydrogens is 376 g/mol. The van der Waals surface area contributed by atoms with E-state index in [-0.39, 0.29) is 37.3 Å². The van der Waals surface area contributed by atoms with Crippen LogP contribution in [0.5, 0.6) is 28.7 Å². The number of aliphatic hydroxyl groups excluding tert-OH is 1. The van der Waals surface area contributed by atoms with Crippen molar-refractivity contribution in [3.8, 4) is 28.7 Å². The van der Waals surface area contributed by atoms with Crippen molar-refractivity contribution in [2.75, 3.05) is 41.3 Å². The number of methoxy groups -OCH3 is 3. The fraction of sp³-hybridized carbons (Fsp3) is 0.455. The van der Waals surface area contributed by atoms with Gasteiger partial charge < -0.3 is 33.5 Å². The van der Waals surface area contributed by atoms with Crippen molar-refractivity contribution in [2.45, 2.75) is 12.0 Å². The predicted molar refractivity (Wildman–Crippen MR) is 103 cm³/mol. The topological polar surface area (TPSA) is 75.6 Å². The molecule has 3 aliphatic rings. The van der Waals surface area contributed by atoms with E-state index in [2.05, 4.69) is 0 Å². The Morgan fingerprint density at radius 2 is 1.59 bits per heavy atom. The van der Waals surface area contributed by atoms with Crippen molar-refractivity contribution >= 4 is 0 Å². The van der Waals surface area contributed by atoms with Crippen molar-refractivity contribution in [1.29, 1.82) is 0 Å². The zero-order chi connectivity index (χ0) is 20.1. The molecule has 1 saturated heterocycles. The van der Waals surface area contributed by atoms with Gasteiger partial charge >= 0.3 is 0 Å². The minimum atomic E-state index is -0.146. The van der Waals surface area contributed by atoms with Gasteiger partial charge in [-0.15, -0.1) is 0 Å². The number of aliphatic hydroxyl groups is 1. The van der Waals surface area contributed by atoms with Crippen LogP contribution in [0.25, 0.3) is 0 Å². The monoisotopic (exact) mass is 400 g/mol. The molecule has 5 rings (SSSR count). The lowest BCUT2D eigenvalue weighted by molar-refractivity contribution is 0.0694. The molecule has 2 heterocycles. The second-order valence-corrected chi connectivity index (χ2v) is 7.53. The maximum Gasteiger partial charge on any atom is 0.231 e. The van der Waals surface area contributed by atoms with Crippen molar-refractivity contribution in [3.63, 3.8) is 0 Å². The molecular formula is C22H24O7. The normalized spacial score (nSPS) is 26.2. The minimum Gasteiger partial charge on any atom is -0.493 e. The van der Waals surface area contributed by atoms with E-state index in [1.807, 2.05) is 24.3 Å². The zero-order valence-electron chi connectivity index (χ0n) is 16.6. The number of hydrogen-bond acceptors (Lipinski definition) is 7. The fourth-order valence-electron chi connectivity index (χ4n) is 5.01. The molecule has 7 nitrogen and oxygen atoms in total. The Morgan fingerprint density at radius 1 is 0.931 bits per heavy atom. The van der Waals surface area contributed by atoms with E-state index in [1.165, 1.54) is 0 Å². The molecule has 0 aromatic heterocycles. The molecule has 4 atom stereocenters. The van der Waals surface area contributed by atoms with Crippen molar-refractivity contribution in [1.82, 2.24) is 0 Å². The summed E-state index contributed by atoms with van der Waals surface area (Å²) in [4.78, 5) is 0. The van der Waals surface area contributed by atoms with Gasteiger partial charge in [-0.25, -0.2) is 0 Å². The largest absolute Gasteiger partial charge is 0.493 e. The van der Waals surface area contributed by atoms with E-state index in [4.69, 9.17) is 28.4 Å². The summed E-state index contributed by atoms with van der Waals surface area (Å²) in [6, 6.07) is 8.01. The molecule has 2 aliphatic heterocycles. The van der Waals surface area contributed by atoms with E-state index in [1.54, 1.807) is 21.3 Å². The third-order valence-electron chi connectivity index (χ3n) is 6.31. The highest BCUT2D eigenvalue weighted by Crippen LogP contribution is 2.57. The smallest absolute Gasteiger partial charge is 0.231 e. The molecule has 0 radical (unpaired) electrons. The number of hydrogen-bond donors (Lipinski definition) is 1. The Labute approximate surface area is 169 Å². The van der Waals surface area contributed by atoms with E-state index < -0.39 is 0 Å². The predicted octanol–water partition coefficient (Wildman–Crippen LogP) is 2.88. The van der Waals surface area contributed by atoms with Gasteiger partial charge in [0.25, 0.3) is 0 Å². The molecule has 1 unspecified atom stereocenters. The van der Waals surface area contributed by atoms with E-state index >= 15 is 0 Å². The van der Waals surface area contributed by atoms with E-state index in [9.17, 15) is 5.11 Å². The minimum absolute atomic E-state index is 0.00645. The molecule has 29 heavy (non-hydrogen) atoms. The lowest BCUT2D eigenvalue weighted by Gasteiger charge is -2.36. The van der Waals surface area contributed by atoms with Crippen LogP contribution in [0, 0.1) is 11.8 Å².